The summed E-state index contributed by atoms with van der Waals surface area (Å²) in [7, 11) is 0. The summed E-state index contributed by atoms with van der Waals surface area (Å²) in [5, 5.41) is 3.25. The van der Waals surface area contributed by atoms with Gasteiger partial charge in [-0.05, 0) is 30.2 Å². The Kier molecular flexibility index (Phi) is 4.37. The Labute approximate surface area is 156 Å². The van der Waals surface area contributed by atoms with E-state index in [-0.39, 0.29) is 35.4 Å². The standard InChI is InChI=1S/C19H13F4N3O2/c20-13-10-12(17-24-18(28-25-17)19(21,22)23)6-7-15(13)26-14(8-9-16(26)27)11-4-2-1-3-5-11/h1-7,10,14H,8-9H2. The molecule has 28 heavy (non-hydrogen) atoms. The molecule has 0 bridgehead atoms. The summed E-state index contributed by atoms with van der Waals surface area (Å²) in [5.74, 6) is -2.87. The highest BCUT2D eigenvalue weighted by Gasteiger charge is 2.39. The van der Waals surface area contributed by atoms with Crippen LogP contribution >= 0.6 is 0 Å². The van der Waals surface area contributed by atoms with Gasteiger partial charge in [0.05, 0.1) is 11.7 Å². The molecule has 5 nitrogen and oxygen atoms in total. The van der Waals surface area contributed by atoms with Gasteiger partial charge >= 0.3 is 12.1 Å². The Morgan fingerprint density at radius 2 is 1.86 bits per heavy atom. The van der Waals surface area contributed by atoms with E-state index >= 15 is 0 Å². The smallest absolute Gasteiger partial charge is 0.329 e. The first-order chi connectivity index (χ1) is 13.3. The molecular weight excluding hydrogens is 378 g/mol. The Hall–Kier alpha value is -3.23. The van der Waals surface area contributed by atoms with Gasteiger partial charge < -0.3 is 9.42 Å². The minimum atomic E-state index is -4.78. The lowest BCUT2D eigenvalue weighted by Crippen LogP contribution is -2.28. The van der Waals surface area contributed by atoms with Crippen molar-refractivity contribution in [1.82, 2.24) is 10.1 Å². The largest absolute Gasteiger partial charge is 0.471 e. The molecule has 1 atom stereocenters. The van der Waals surface area contributed by atoms with Crippen LogP contribution in [0.3, 0.4) is 0 Å². The molecule has 0 N–H and O–H groups in total. The molecule has 1 fully saturated rings. The SMILES string of the molecule is O=C1CCC(c2ccccc2)N1c1ccc(-c2noc(C(F)(F)F)n2)cc1F. The highest BCUT2D eigenvalue weighted by atomic mass is 19.4. The van der Waals surface area contributed by atoms with E-state index in [4.69, 9.17) is 0 Å². The van der Waals surface area contributed by atoms with Crippen molar-refractivity contribution >= 4 is 11.6 Å². The quantitative estimate of drug-likeness (QED) is 0.604. The van der Waals surface area contributed by atoms with E-state index in [1.807, 2.05) is 30.3 Å². The van der Waals surface area contributed by atoms with Crippen LogP contribution in [0.15, 0.2) is 53.1 Å². The van der Waals surface area contributed by atoms with Crippen LogP contribution in [0.4, 0.5) is 23.2 Å². The molecule has 0 saturated carbocycles. The molecule has 0 aliphatic carbocycles. The minimum absolute atomic E-state index is 0.0170. The number of alkyl halides is 3. The van der Waals surface area contributed by atoms with E-state index in [1.165, 1.54) is 17.0 Å². The number of amides is 1. The topological polar surface area (TPSA) is 59.2 Å². The number of hydrogen-bond donors (Lipinski definition) is 0. The lowest BCUT2D eigenvalue weighted by Gasteiger charge is -2.26. The van der Waals surface area contributed by atoms with Crippen LogP contribution < -0.4 is 4.90 Å². The van der Waals surface area contributed by atoms with Crippen molar-refractivity contribution < 1.29 is 26.9 Å². The molecule has 0 spiro atoms. The number of nitrogens with zero attached hydrogens (tertiary/aromatic N) is 3. The molecule has 1 aliphatic heterocycles. The van der Waals surface area contributed by atoms with Crippen molar-refractivity contribution in [3.05, 3.63) is 65.8 Å². The van der Waals surface area contributed by atoms with Gasteiger partial charge in [0.2, 0.25) is 11.7 Å². The predicted octanol–water partition coefficient (Wildman–Crippen LogP) is 4.76. The molecule has 0 radical (unpaired) electrons. The van der Waals surface area contributed by atoms with Crippen molar-refractivity contribution in [2.45, 2.75) is 25.1 Å². The zero-order chi connectivity index (χ0) is 19.9. The van der Waals surface area contributed by atoms with E-state index in [0.717, 1.165) is 11.6 Å². The van der Waals surface area contributed by atoms with Crippen LogP contribution in [0.2, 0.25) is 0 Å². The number of hydrogen-bond acceptors (Lipinski definition) is 4. The summed E-state index contributed by atoms with van der Waals surface area (Å²) in [6, 6.07) is 12.6. The first kappa shape index (κ1) is 18.1. The molecular formula is C19H13F4N3O2. The van der Waals surface area contributed by atoms with E-state index in [1.54, 1.807) is 0 Å². The number of anilines is 1. The van der Waals surface area contributed by atoms with Gasteiger partial charge in [-0.15, -0.1) is 0 Å². The second-order valence-electron chi connectivity index (χ2n) is 6.32. The van der Waals surface area contributed by atoms with Crippen molar-refractivity contribution in [2.24, 2.45) is 0 Å². The second kappa shape index (κ2) is 6.74. The molecule has 144 valence electrons. The number of carbonyl (C=O) groups excluding carboxylic acids is 1. The zero-order valence-corrected chi connectivity index (χ0v) is 14.3. The third kappa shape index (κ3) is 3.23. The molecule has 4 rings (SSSR count). The number of carbonyl (C=O) groups is 1. The number of halogens is 4. The van der Waals surface area contributed by atoms with E-state index in [9.17, 15) is 22.4 Å². The number of aromatic nitrogens is 2. The Balaban J connectivity index is 1.67. The molecule has 2 aromatic carbocycles. The Bertz CT molecular complexity index is 1020. The van der Waals surface area contributed by atoms with Gasteiger partial charge in [-0.1, -0.05) is 35.5 Å². The maximum Gasteiger partial charge on any atom is 0.471 e. The molecule has 2 heterocycles. The predicted molar refractivity (Wildman–Crippen MR) is 90.6 cm³/mol. The fourth-order valence-electron chi connectivity index (χ4n) is 3.27. The van der Waals surface area contributed by atoms with Crippen LogP contribution in [0.5, 0.6) is 0 Å². The summed E-state index contributed by atoms with van der Waals surface area (Å²) >= 11 is 0. The highest BCUT2D eigenvalue weighted by Crippen LogP contribution is 2.39. The Morgan fingerprint density at radius 3 is 2.50 bits per heavy atom. The van der Waals surface area contributed by atoms with Gasteiger partial charge in [0.15, 0.2) is 0 Å². The van der Waals surface area contributed by atoms with Crippen LogP contribution in [-0.2, 0) is 11.0 Å². The maximum atomic E-state index is 14.8. The van der Waals surface area contributed by atoms with E-state index < -0.39 is 17.9 Å². The van der Waals surface area contributed by atoms with Crippen LogP contribution in [0.25, 0.3) is 11.4 Å². The van der Waals surface area contributed by atoms with Crippen LogP contribution in [0, 0.1) is 5.82 Å². The number of benzene rings is 2. The molecule has 3 aromatic rings. The van der Waals surface area contributed by atoms with Gasteiger partial charge in [0, 0.05) is 12.0 Å². The van der Waals surface area contributed by atoms with E-state index in [0.29, 0.717) is 6.42 Å². The normalized spacial score (nSPS) is 17.4. The maximum absolute atomic E-state index is 14.8. The monoisotopic (exact) mass is 391 g/mol. The third-order valence-corrected chi connectivity index (χ3v) is 4.53. The van der Waals surface area contributed by atoms with Crippen molar-refractivity contribution in [1.29, 1.82) is 0 Å². The molecule has 1 aliphatic rings. The van der Waals surface area contributed by atoms with Crippen molar-refractivity contribution in [3.63, 3.8) is 0 Å². The van der Waals surface area contributed by atoms with Gasteiger partial charge in [-0.25, -0.2) is 4.39 Å². The van der Waals surface area contributed by atoms with Gasteiger partial charge in [0.25, 0.3) is 0 Å². The number of rotatable bonds is 3. The lowest BCUT2D eigenvalue weighted by molar-refractivity contribution is -0.159. The average molecular weight is 391 g/mol. The van der Waals surface area contributed by atoms with Gasteiger partial charge in [0.1, 0.15) is 5.82 Å². The molecule has 1 unspecified atom stereocenters. The van der Waals surface area contributed by atoms with Gasteiger partial charge in [-0.2, -0.15) is 18.2 Å². The van der Waals surface area contributed by atoms with Crippen molar-refractivity contribution in [2.75, 3.05) is 4.90 Å². The summed E-state index contributed by atoms with van der Waals surface area (Å²) in [4.78, 5) is 17.0. The fourth-order valence-corrected chi connectivity index (χ4v) is 3.27. The van der Waals surface area contributed by atoms with Gasteiger partial charge in [-0.3, -0.25) is 4.79 Å². The molecule has 1 amide bonds. The summed E-state index contributed by atoms with van der Waals surface area (Å²) in [6.07, 6.45) is -3.96. The molecule has 9 heteroatoms. The lowest BCUT2D eigenvalue weighted by atomic mass is 10.0. The Morgan fingerprint density at radius 1 is 1.11 bits per heavy atom. The first-order valence-corrected chi connectivity index (χ1v) is 8.42. The molecule has 1 saturated heterocycles. The average Bonchev–Trinajstić information content (AvgIpc) is 3.30. The van der Waals surface area contributed by atoms with E-state index in [2.05, 4.69) is 14.7 Å². The molecule has 1 aromatic heterocycles. The van der Waals surface area contributed by atoms with Crippen LogP contribution in [0.1, 0.15) is 30.3 Å². The third-order valence-electron chi connectivity index (χ3n) is 4.53. The zero-order valence-electron chi connectivity index (χ0n) is 14.3. The summed E-state index contributed by atoms with van der Waals surface area (Å²) < 4.78 is 56.8. The summed E-state index contributed by atoms with van der Waals surface area (Å²) in [6.45, 7) is 0. The van der Waals surface area contributed by atoms with Crippen LogP contribution in [-0.4, -0.2) is 16.0 Å². The minimum Gasteiger partial charge on any atom is -0.329 e. The highest BCUT2D eigenvalue weighted by molar-refractivity contribution is 5.96. The second-order valence-corrected chi connectivity index (χ2v) is 6.32. The fraction of sp³-hybridized carbons (Fsp3) is 0.211. The van der Waals surface area contributed by atoms with Crippen molar-refractivity contribution in [3.8, 4) is 11.4 Å². The summed E-state index contributed by atoms with van der Waals surface area (Å²) in [5.41, 5.74) is 0.952. The first-order valence-electron chi connectivity index (χ1n) is 8.42.